The summed E-state index contributed by atoms with van der Waals surface area (Å²) in [6.45, 7) is 4.68. The van der Waals surface area contributed by atoms with Crippen molar-refractivity contribution in [2.24, 2.45) is 0 Å². The zero-order chi connectivity index (χ0) is 10.8. The average molecular weight is 225 g/mol. The van der Waals surface area contributed by atoms with Crippen molar-refractivity contribution in [2.75, 3.05) is 26.7 Å². The molecule has 0 bridgehead atoms. The van der Waals surface area contributed by atoms with Gasteiger partial charge >= 0.3 is 0 Å². The molecule has 15 heavy (non-hydrogen) atoms. The average Bonchev–Trinajstić information content (AvgIpc) is 2.74. The lowest BCUT2D eigenvalue weighted by molar-refractivity contribution is 0.0567. The largest absolute Gasteiger partial charge is 0.334 e. The Morgan fingerprint density at radius 2 is 2.40 bits per heavy atom. The molecule has 0 N–H and O–H groups in total. The lowest BCUT2D eigenvalue weighted by Gasteiger charge is -2.37. The minimum Gasteiger partial charge on any atom is -0.334 e. The highest BCUT2D eigenvalue weighted by molar-refractivity contribution is 7.07. The number of aromatic nitrogens is 1. The fourth-order valence-electron chi connectivity index (χ4n) is 1.71. The van der Waals surface area contributed by atoms with Crippen LogP contribution in [0.4, 0.5) is 0 Å². The van der Waals surface area contributed by atoms with E-state index in [9.17, 15) is 4.79 Å². The number of nitrogens with zero attached hydrogens (tertiary/aromatic N) is 3. The summed E-state index contributed by atoms with van der Waals surface area (Å²) in [4.78, 5) is 20.2. The van der Waals surface area contributed by atoms with Crippen LogP contribution in [0.5, 0.6) is 0 Å². The molecule has 0 radical (unpaired) electrons. The van der Waals surface area contributed by atoms with E-state index in [1.165, 1.54) is 11.3 Å². The van der Waals surface area contributed by atoms with Gasteiger partial charge in [-0.05, 0) is 14.0 Å². The second-order valence-corrected chi connectivity index (χ2v) is 4.67. The topological polar surface area (TPSA) is 36.4 Å². The maximum absolute atomic E-state index is 12.0. The van der Waals surface area contributed by atoms with Gasteiger partial charge in [0.05, 0.1) is 5.51 Å². The first-order chi connectivity index (χ1) is 7.18. The fraction of sp³-hybridized carbons (Fsp3) is 0.600. The molecule has 0 spiro atoms. The van der Waals surface area contributed by atoms with Gasteiger partial charge in [-0.25, -0.2) is 4.98 Å². The van der Waals surface area contributed by atoms with E-state index in [4.69, 9.17) is 0 Å². The van der Waals surface area contributed by atoms with Gasteiger partial charge in [-0.3, -0.25) is 4.79 Å². The van der Waals surface area contributed by atoms with E-state index < -0.39 is 0 Å². The van der Waals surface area contributed by atoms with Crippen LogP contribution in [-0.4, -0.2) is 53.4 Å². The molecule has 1 amide bonds. The van der Waals surface area contributed by atoms with Gasteiger partial charge in [-0.2, -0.15) is 0 Å². The van der Waals surface area contributed by atoms with Crippen molar-refractivity contribution in [3.8, 4) is 0 Å². The van der Waals surface area contributed by atoms with Crippen LogP contribution in [0.2, 0.25) is 0 Å². The molecule has 1 aliphatic rings. The molecule has 2 rings (SSSR count). The predicted molar refractivity (Wildman–Crippen MR) is 60.1 cm³/mol. The van der Waals surface area contributed by atoms with Crippen LogP contribution < -0.4 is 0 Å². The molecule has 82 valence electrons. The molecule has 1 aliphatic heterocycles. The van der Waals surface area contributed by atoms with Crippen molar-refractivity contribution < 1.29 is 4.79 Å². The van der Waals surface area contributed by atoms with Crippen molar-refractivity contribution >= 4 is 17.2 Å². The summed E-state index contributed by atoms with van der Waals surface area (Å²) in [5.74, 6) is 0.0659. The molecule has 1 unspecified atom stereocenters. The standard InChI is InChI=1S/C10H15N3OS/c1-8-5-13(4-3-12(8)2)10(14)9-6-15-7-11-9/h6-8H,3-5H2,1-2H3. The van der Waals surface area contributed by atoms with E-state index in [0.29, 0.717) is 11.7 Å². The first-order valence-corrected chi connectivity index (χ1v) is 6.00. The highest BCUT2D eigenvalue weighted by Gasteiger charge is 2.25. The van der Waals surface area contributed by atoms with Gasteiger partial charge in [0.15, 0.2) is 0 Å². The van der Waals surface area contributed by atoms with Crippen LogP contribution in [0.3, 0.4) is 0 Å². The number of thiazole rings is 1. The molecular weight excluding hydrogens is 210 g/mol. The predicted octanol–water partition coefficient (Wildman–Crippen LogP) is 0.919. The third-order valence-electron chi connectivity index (χ3n) is 2.90. The molecule has 0 aliphatic carbocycles. The maximum atomic E-state index is 12.0. The molecule has 5 heteroatoms. The van der Waals surface area contributed by atoms with E-state index in [1.54, 1.807) is 5.51 Å². The summed E-state index contributed by atoms with van der Waals surface area (Å²) in [7, 11) is 2.09. The number of carbonyl (C=O) groups excluding carboxylic acids is 1. The van der Waals surface area contributed by atoms with E-state index >= 15 is 0 Å². The second kappa shape index (κ2) is 4.28. The Kier molecular flexibility index (Phi) is 3.02. The third-order valence-corrected chi connectivity index (χ3v) is 3.48. The quantitative estimate of drug-likeness (QED) is 0.713. The molecule has 1 saturated heterocycles. The highest BCUT2D eigenvalue weighted by Crippen LogP contribution is 2.11. The van der Waals surface area contributed by atoms with Crippen molar-refractivity contribution in [2.45, 2.75) is 13.0 Å². The van der Waals surface area contributed by atoms with E-state index in [-0.39, 0.29) is 5.91 Å². The second-order valence-electron chi connectivity index (χ2n) is 3.95. The minimum atomic E-state index is 0.0659. The van der Waals surface area contributed by atoms with Crippen molar-refractivity contribution in [1.29, 1.82) is 0 Å². The Morgan fingerprint density at radius 1 is 1.60 bits per heavy atom. The van der Waals surface area contributed by atoms with E-state index in [2.05, 4.69) is 23.9 Å². The SMILES string of the molecule is CC1CN(C(=O)c2cscn2)CCN1C. The van der Waals surface area contributed by atoms with Gasteiger partial charge in [-0.15, -0.1) is 11.3 Å². The first-order valence-electron chi connectivity index (χ1n) is 5.06. The lowest BCUT2D eigenvalue weighted by Crippen LogP contribution is -2.52. The van der Waals surface area contributed by atoms with Gasteiger partial charge < -0.3 is 9.80 Å². The normalized spacial score (nSPS) is 23.1. The van der Waals surface area contributed by atoms with Crippen LogP contribution in [0.25, 0.3) is 0 Å². The Bertz CT molecular complexity index is 338. The van der Waals surface area contributed by atoms with E-state index in [0.717, 1.165) is 19.6 Å². The molecule has 4 nitrogen and oxygen atoms in total. The van der Waals surface area contributed by atoms with Crippen LogP contribution >= 0.6 is 11.3 Å². The summed E-state index contributed by atoms with van der Waals surface area (Å²) in [5.41, 5.74) is 2.28. The molecule has 2 heterocycles. The number of piperazine rings is 1. The Balaban J connectivity index is 2.03. The summed E-state index contributed by atoms with van der Waals surface area (Å²) in [5, 5.41) is 1.81. The maximum Gasteiger partial charge on any atom is 0.273 e. The monoisotopic (exact) mass is 225 g/mol. The first kappa shape index (κ1) is 10.6. The number of hydrogen-bond donors (Lipinski definition) is 0. The highest BCUT2D eigenvalue weighted by atomic mass is 32.1. The Hall–Kier alpha value is -0.940. The third kappa shape index (κ3) is 2.18. The number of rotatable bonds is 1. The molecule has 0 saturated carbocycles. The molecule has 1 aromatic heterocycles. The zero-order valence-electron chi connectivity index (χ0n) is 9.01. The molecule has 1 aromatic rings. The lowest BCUT2D eigenvalue weighted by atomic mass is 10.2. The molecule has 1 atom stereocenters. The van der Waals surface area contributed by atoms with Gasteiger partial charge in [0.25, 0.3) is 5.91 Å². The van der Waals surface area contributed by atoms with Crippen molar-refractivity contribution in [3.63, 3.8) is 0 Å². The number of hydrogen-bond acceptors (Lipinski definition) is 4. The van der Waals surface area contributed by atoms with E-state index in [1.807, 2.05) is 10.3 Å². The number of amides is 1. The van der Waals surface area contributed by atoms with Gasteiger partial charge in [-0.1, -0.05) is 0 Å². The smallest absolute Gasteiger partial charge is 0.273 e. The molecule has 1 fully saturated rings. The fourth-order valence-corrected chi connectivity index (χ4v) is 2.24. The van der Waals surface area contributed by atoms with Crippen LogP contribution in [0, 0.1) is 0 Å². The van der Waals surface area contributed by atoms with Crippen LogP contribution in [0.15, 0.2) is 10.9 Å². The van der Waals surface area contributed by atoms with Crippen molar-refractivity contribution in [3.05, 3.63) is 16.6 Å². The Labute approximate surface area is 93.5 Å². The minimum absolute atomic E-state index is 0.0659. The number of likely N-dealkylation sites (N-methyl/N-ethyl adjacent to an activating group) is 1. The summed E-state index contributed by atoms with van der Waals surface area (Å²) >= 11 is 1.46. The van der Waals surface area contributed by atoms with Crippen LogP contribution in [-0.2, 0) is 0 Å². The van der Waals surface area contributed by atoms with Gasteiger partial charge in [0, 0.05) is 31.1 Å². The van der Waals surface area contributed by atoms with Crippen LogP contribution in [0.1, 0.15) is 17.4 Å². The zero-order valence-corrected chi connectivity index (χ0v) is 9.83. The summed E-state index contributed by atoms with van der Waals surface area (Å²) in [6.07, 6.45) is 0. The summed E-state index contributed by atoms with van der Waals surface area (Å²) in [6, 6.07) is 0.432. The summed E-state index contributed by atoms with van der Waals surface area (Å²) < 4.78 is 0. The van der Waals surface area contributed by atoms with Gasteiger partial charge in [0.2, 0.25) is 0 Å². The molecule has 0 aromatic carbocycles. The number of carbonyl (C=O) groups is 1. The molecular formula is C10H15N3OS. The van der Waals surface area contributed by atoms with Crippen molar-refractivity contribution in [1.82, 2.24) is 14.8 Å². The Morgan fingerprint density at radius 3 is 3.00 bits per heavy atom. The van der Waals surface area contributed by atoms with Gasteiger partial charge in [0.1, 0.15) is 5.69 Å².